The molecule has 0 rings (SSSR count). The molecule has 0 saturated heterocycles. The zero-order chi connectivity index (χ0) is 4.28. The predicted molar refractivity (Wildman–Crippen MR) is 9.39 cm³/mol. The molecule has 0 saturated carbocycles. The SMILES string of the molecule is [NH3+]O[N+](=O)O. The summed E-state index contributed by atoms with van der Waals surface area (Å²) in [6.07, 6.45) is 0. The molecule has 30 valence electrons. The molecule has 0 radical (unpaired) electrons. The Labute approximate surface area is 27.4 Å². The van der Waals surface area contributed by atoms with Crippen LogP contribution in [-0.4, -0.2) is 10.3 Å². The molecule has 0 unspecified atom stereocenters. The van der Waals surface area contributed by atoms with Gasteiger partial charge in [0.05, 0.1) is 0 Å². The normalized spacial score (nSPS) is 6.60. The highest BCUT2D eigenvalue weighted by atomic mass is 17.0. The molecule has 0 atom stereocenters. The van der Waals surface area contributed by atoms with Crippen molar-refractivity contribution in [2.45, 2.75) is 0 Å². The lowest BCUT2D eigenvalue weighted by Crippen LogP contribution is -2.51. The van der Waals surface area contributed by atoms with Crippen LogP contribution in [0, 0.1) is 4.91 Å². The number of rotatable bonds is 1. The predicted octanol–water partition coefficient (Wildman–Crippen LogP) is -1.76. The summed E-state index contributed by atoms with van der Waals surface area (Å²) >= 11 is 0. The van der Waals surface area contributed by atoms with Gasteiger partial charge in [0, 0.05) is 4.94 Å². The maximum absolute atomic E-state index is 9.00. The minimum Gasteiger partial charge on any atom is -0.197 e. The summed E-state index contributed by atoms with van der Waals surface area (Å²) in [6.45, 7) is 0. The molecule has 0 aliphatic carbocycles. The summed E-state index contributed by atoms with van der Waals surface area (Å²) in [5, 5.41) is 6.62. The molecule has 4 N–H and O–H groups in total. The van der Waals surface area contributed by atoms with Gasteiger partial charge in [-0.3, -0.25) is 0 Å². The van der Waals surface area contributed by atoms with Crippen LogP contribution in [0.3, 0.4) is 0 Å². The molecule has 0 aromatic heterocycles. The van der Waals surface area contributed by atoms with Crippen molar-refractivity contribution in [2.24, 2.45) is 0 Å². The quantitative estimate of drug-likeness (QED) is 0.366. The smallest absolute Gasteiger partial charge is 0.197 e. The molecular weight excluding hydrogens is 76.0 g/mol. The van der Waals surface area contributed by atoms with Gasteiger partial charge in [-0.1, -0.05) is 5.90 Å². The van der Waals surface area contributed by atoms with Crippen molar-refractivity contribution in [3.63, 3.8) is 0 Å². The summed E-state index contributed by atoms with van der Waals surface area (Å²) < 4.78 is 0. The van der Waals surface area contributed by atoms with Crippen molar-refractivity contribution in [1.29, 1.82) is 0 Å². The van der Waals surface area contributed by atoms with E-state index in [9.17, 15) is 0 Å². The minimum atomic E-state index is -0.736. The zero-order valence-electron chi connectivity index (χ0n) is 2.42. The van der Waals surface area contributed by atoms with Crippen molar-refractivity contribution in [2.75, 3.05) is 0 Å². The molecule has 0 aliphatic heterocycles. The maximum atomic E-state index is 9.00. The Morgan fingerprint density at radius 1 is 2.00 bits per heavy atom. The van der Waals surface area contributed by atoms with Crippen LogP contribution in [0.1, 0.15) is 0 Å². The molecule has 5 heavy (non-hydrogen) atoms. The van der Waals surface area contributed by atoms with E-state index in [0.717, 1.165) is 0 Å². The van der Waals surface area contributed by atoms with Gasteiger partial charge in [0.2, 0.25) is 0 Å². The van der Waals surface area contributed by atoms with E-state index in [4.69, 9.17) is 10.1 Å². The van der Waals surface area contributed by atoms with E-state index >= 15 is 0 Å². The summed E-state index contributed by atoms with van der Waals surface area (Å²) in [7, 11) is 0. The lowest BCUT2D eigenvalue weighted by molar-refractivity contribution is -1.12. The average Bonchev–Trinajstić information content (AvgIpc) is 1.38. The van der Waals surface area contributed by atoms with Crippen molar-refractivity contribution < 1.29 is 21.1 Å². The van der Waals surface area contributed by atoms with Crippen molar-refractivity contribution in [3.8, 4) is 0 Å². The first kappa shape index (κ1) is 4.16. The summed E-state index contributed by atoms with van der Waals surface area (Å²) in [6, 6.07) is 0. The zero-order valence-corrected chi connectivity index (χ0v) is 2.42. The lowest BCUT2D eigenvalue weighted by Gasteiger charge is -1.57. The van der Waals surface area contributed by atoms with E-state index in [-0.39, 0.29) is 0 Å². The molecule has 0 aromatic rings. The topological polar surface area (TPSA) is 77.2 Å². The number of hydrogen-bond acceptors (Lipinski definition) is 2. The van der Waals surface area contributed by atoms with Gasteiger partial charge in [-0.15, -0.1) is 0 Å². The highest BCUT2D eigenvalue weighted by molar-refractivity contribution is 3.57. The monoisotopic (exact) mass is 80.0 g/mol. The Balaban J connectivity index is 2.85. The van der Waals surface area contributed by atoms with E-state index in [1.807, 2.05) is 0 Å². The lowest BCUT2D eigenvalue weighted by atomic mass is 13.0. The van der Waals surface area contributed by atoms with E-state index in [2.05, 4.69) is 10.8 Å². The Kier molecular flexibility index (Phi) is 1.23. The number of nitrogens with zero attached hydrogens (tertiary/aromatic N) is 1. The van der Waals surface area contributed by atoms with E-state index < -0.39 is 5.09 Å². The molecule has 0 spiro atoms. The van der Waals surface area contributed by atoms with Crippen molar-refractivity contribution >= 4 is 0 Å². The van der Waals surface area contributed by atoms with Crippen LogP contribution in [-0.2, 0) is 4.94 Å². The summed E-state index contributed by atoms with van der Waals surface area (Å²) in [5.74, 6) is 2.55. The van der Waals surface area contributed by atoms with E-state index in [1.165, 1.54) is 0 Å². The Hall–Kier alpha value is -0.840. The second-order valence-electron chi connectivity index (χ2n) is 0.367. The Morgan fingerprint density at radius 3 is 2.20 bits per heavy atom. The second kappa shape index (κ2) is 1.48. The largest absolute Gasteiger partial charge is 0.526 e. The summed E-state index contributed by atoms with van der Waals surface area (Å²) in [4.78, 5) is 12.3. The highest BCUT2D eigenvalue weighted by Gasteiger charge is 1.96. The molecule has 0 aliphatic rings. The fourth-order valence-electron chi connectivity index (χ4n) is 0. The van der Waals surface area contributed by atoms with Gasteiger partial charge in [0.1, 0.15) is 4.91 Å². The first-order chi connectivity index (χ1) is 2.27. The molecule has 5 heteroatoms. The summed E-state index contributed by atoms with van der Waals surface area (Å²) in [5.41, 5.74) is 0. The molecule has 0 aromatic carbocycles. The van der Waals surface area contributed by atoms with Crippen LogP contribution in [0.5, 0.6) is 0 Å². The van der Waals surface area contributed by atoms with Gasteiger partial charge in [-0.25, -0.2) is 0 Å². The van der Waals surface area contributed by atoms with Crippen LogP contribution in [0.2, 0.25) is 0 Å². The number of hydrogen-bond donors (Lipinski definition) is 2. The van der Waals surface area contributed by atoms with Crippen molar-refractivity contribution in [3.05, 3.63) is 4.91 Å². The van der Waals surface area contributed by atoms with Crippen LogP contribution < -0.4 is 5.90 Å². The van der Waals surface area contributed by atoms with E-state index in [1.54, 1.807) is 0 Å². The second-order valence-corrected chi connectivity index (χ2v) is 0.367. The van der Waals surface area contributed by atoms with Crippen LogP contribution in [0.25, 0.3) is 0 Å². The van der Waals surface area contributed by atoms with Crippen molar-refractivity contribution in [1.82, 2.24) is 0 Å². The van der Waals surface area contributed by atoms with Gasteiger partial charge in [-0.05, 0) is 0 Å². The maximum Gasteiger partial charge on any atom is 0.526 e. The molecule has 0 bridgehead atoms. The first-order valence-electron chi connectivity index (χ1n) is 0.854. The molecule has 0 amide bonds. The van der Waals surface area contributed by atoms with E-state index in [0.29, 0.717) is 0 Å². The minimum absolute atomic E-state index is 0.736. The van der Waals surface area contributed by atoms with Crippen LogP contribution >= 0.6 is 0 Å². The third-order valence-corrected chi connectivity index (χ3v) is 0.110. The van der Waals surface area contributed by atoms with Crippen LogP contribution in [0.15, 0.2) is 0 Å². The fourth-order valence-corrected chi connectivity index (χ4v) is 0. The molecule has 0 fully saturated rings. The third-order valence-electron chi connectivity index (χ3n) is 0.110. The molecular formula is H4N2O3+2. The Morgan fingerprint density at radius 2 is 2.20 bits per heavy atom. The average molecular weight is 80.0 g/mol. The van der Waals surface area contributed by atoms with Gasteiger partial charge in [-0.2, -0.15) is 5.21 Å². The fraction of sp³-hybridized carbons (Fsp3) is 0. The van der Waals surface area contributed by atoms with Gasteiger partial charge in [0.25, 0.3) is 0 Å². The molecule has 5 nitrogen and oxygen atoms in total. The molecule has 0 heterocycles. The van der Waals surface area contributed by atoms with Crippen LogP contribution in [0.4, 0.5) is 0 Å². The third kappa shape index (κ3) is 3.16. The van der Waals surface area contributed by atoms with Gasteiger partial charge >= 0.3 is 5.09 Å². The Bertz CT molecular complexity index is 40.2. The first-order valence-corrected chi connectivity index (χ1v) is 0.854. The van der Waals surface area contributed by atoms with Gasteiger partial charge in [0.15, 0.2) is 0 Å². The highest BCUT2D eigenvalue weighted by Crippen LogP contribution is 1.43. The van der Waals surface area contributed by atoms with Gasteiger partial charge < -0.3 is 0 Å². The standard InChI is InChI=1S/H4N2O3/c1-5-2(3)4/h1H3,(H,3,4)/q+2. The number of quaternary nitrogens is 1.